The molecule has 6 heterocycles. The zero-order valence-corrected chi connectivity index (χ0v) is 65.5. The number of hydrogen-bond acceptors (Lipinski definition) is 8. The third kappa shape index (κ3) is 11.4. The smallest absolute Gasteiger partial charge is 0.167 e. The van der Waals surface area contributed by atoms with Crippen LogP contribution in [0, 0.1) is 0 Å². The van der Waals surface area contributed by atoms with E-state index in [-0.39, 0.29) is 0 Å². The van der Waals surface area contributed by atoms with Crippen LogP contribution < -0.4 is 0 Å². The Bertz CT molecular complexity index is 7660. The molecule has 0 saturated heterocycles. The van der Waals surface area contributed by atoms with Crippen LogP contribution in [-0.2, 0) is 38.5 Å². The Balaban J connectivity index is 0.000000102. The van der Waals surface area contributed by atoms with E-state index in [1.165, 1.54) is 125 Å². The average Bonchev–Trinajstić information content (AvgIpc) is 1.59. The molecule has 0 unspecified atom stereocenters. The summed E-state index contributed by atoms with van der Waals surface area (Å²) in [4.78, 5) is 14.8. The predicted molar refractivity (Wildman–Crippen MR) is 491 cm³/mol. The fourth-order valence-electron chi connectivity index (χ4n) is 19.3. The van der Waals surface area contributed by atoms with Crippen LogP contribution in [0.1, 0.15) is 33.4 Å². The molecule has 119 heavy (non-hydrogen) atoms. The summed E-state index contributed by atoms with van der Waals surface area (Å²) in [6.45, 7) is 0. The molecule has 0 saturated carbocycles. The number of aromatic nitrogens is 3. The average molecular weight is 1540 g/mol. The van der Waals surface area contributed by atoms with Crippen LogP contribution in [0.5, 0.6) is 0 Å². The van der Waals surface area contributed by atoms with Gasteiger partial charge in [0, 0.05) is 91.1 Å². The Morgan fingerprint density at radius 3 is 0.983 bits per heavy atom. The van der Waals surface area contributed by atoms with E-state index in [9.17, 15) is 0 Å². The first kappa shape index (κ1) is 68.6. The molecule has 17 aromatic carbocycles. The number of fused-ring (bicyclic) bond motifs is 27. The minimum atomic E-state index is 0.599. The molecule has 3 aliphatic rings. The maximum atomic E-state index is 6.63. The maximum Gasteiger partial charge on any atom is 0.167 e. The van der Waals surface area contributed by atoms with Crippen molar-refractivity contribution in [2.24, 2.45) is 0 Å². The van der Waals surface area contributed by atoms with E-state index in [0.29, 0.717) is 17.5 Å². The van der Waals surface area contributed by atoms with Gasteiger partial charge in [0.15, 0.2) is 17.5 Å². The summed E-state index contributed by atoms with van der Waals surface area (Å²) in [5.41, 5.74) is 35.8. The molecule has 0 amide bonds. The normalized spacial score (nSPS) is 12.7. The van der Waals surface area contributed by atoms with Gasteiger partial charge in [-0.25, -0.2) is 15.0 Å². The van der Waals surface area contributed by atoms with E-state index in [0.717, 1.165) is 149 Å². The van der Waals surface area contributed by atoms with E-state index in [2.05, 4.69) is 279 Å². The van der Waals surface area contributed by atoms with Gasteiger partial charge in [-0.3, -0.25) is 0 Å². The second kappa shape index (κ2) is 28.0. The molecule has 0 N–H and O–H groups in total. The summed E-state index contributed by atoms with van der Waals surface area (Å²) in [6.07, 6.45) is 6.41. The van der Waals surface area contributed by atoms with Gasteiger partial charge in [-0.15, -0.1) is 11.3 Å². The van der Waals surface area contributed by atoms with Crippen LogP contribution in [0.4, 0.5) is 0 Å². The molecule has 0 spiro atoms. The van der Waals surface area contributed by atoms with Crippen molar-refractivity contribution in [3.8, 4) is 112 Å². The van der Waals surface area contributed by atoms with Crippen LogP contribution >= 0.6 is 11.3 Å². The number of furan rings is 4. The van der Waals surface area contributed by atoms with Crippen molar-refractivity contribution in [1.82, 2.24) is 15.0 Å². The number of rotatable bonds is 7. The molecule has 560 valence electrons. The fourth-order valence-corrected chi connectivity index (χ4v) is 20.5. The van der Waals surface area contributed by atoms with Crippen molar-refractivity contribution >= 4 is 119 Å². The Morgan fingerprint density at radius 2 is 0.513 bits per heavy atom. The van der Waals surface area contributed by atoms with Crippen molar-refractivity contribution in [1.29, 1.82) is 0 Å². The van der Waals surface area contributed by atoms with Gasteiger partial charge in [-0.05, 0) is 170 Å². The monoisotopic (exact) mass is 1540 g/mol. The molecule has 23 aromatic rings. The summed E-state index contributed by atoms with van der Waals surface area (Å²) in [7, 11) is 0. The second-order valence-corrected chi connectivity index (χ2v) is 32.5. The molecular weight excluding hydrogens is 1470 g/mol. The van der Waals surface area contributed by atoms with E-state index in [4.69, 9.17) is 32.6 Å². The lowest BCUT2D eigenvalue weighted by molar-refractivity contribution is 0.669. The summed E-state index contributed by atoms with van der Waals surface area (Å²) in [5.74, 6) is 1.87. The third-order valence-corrected chi connectivity index (χ3v) is 26.1. The molecule has 0 atom stereocenters. The molecule has 0 bridgehead atoms. The van der Waals surface area contributed by atoms with Crippen LogP contribution in [0.15, 0.2) is 376 Å². The van der Waals surface area contributed by atoms with Crippen LogP contribution in [-0.4, -0.2) is 15.0 Å². The highest BCUT2D eigenvalue weighted by Gasteiger charge is 2.29. The van der Waals surface area contributed by atoms with Gasteiger partial charge in [0.25, 0.3) is 0 Å². The standard InChI is InChI=1S/C38H24O2.C38H24OS.C35H23N3O/c1-2-8-27-23(7-1)19-20-26-21-22-34-36(35(26)27)32-13-6-11-29(38(32)40-34)25-17-15-24(16-18-25)28-10-5-12-31-30-9-3-4-14-33(30)39-37(28)31;1-2-8-27-23(7-1)19-20-26-21-22-33-36(35(26)27)32-13-5-10-28(37(32)39-33)24-15-17-25(18-16-24)29-11-6-12-31-30-9-3-4-14-34(30)40-38(29)31;1-3-11-24(12-4-1)33-36-34(25-13-5-2-6-14-25)38-35(37-33)28-17-9-16-27-31-29(39-32(27)28)21-20-23-19-18-22-10-7-8-15-26(22)30(23)31/h2*1-18,21-22H,19-20H2;1-17,20-21H,18-19H2. The van der Waals surface area contributed by atoms with Crippen molar-refractivity contribution in [2.75, 3.05) is 0 Å². The highest BCUT2D eigenvalue weighted by atomic mass is 32.1. The van der Waals surface area contributed by atoms with E-state index < -0.39 is 0 Å². The maximum absolute atomic E-state index is 6.63. The molecule has 26 rings (SSSR count). The van der Waals surface area contributed by atoms with Gasteiger partial charge in [0.1, 0.15) is 44.7 Å². The Kier molecular flexibility index (Phi) is 16.1. The second-order valence-electron chi connectivity index (χ2n) is 31.5. The summed E-state index contributed by atoms with van der Waals surface area (Å²) < 4.78 is 28.8. The SMILES string of the molecule is c1ccc(-c2nc(-c3ccccc3)nc(-c3cccc4c3oc3ccc5c(c34)-c3ccccc3CC5)n2)cc1.c1ccc2c(c1)CCc1ccc3oc4c(-c5ccc(-c6cccc7c6oc6ccccc67)cc5)cccc4c3c1-2.c1ccc2c(c1)CCc1ccc3oc4c(-c5ccc(-c6cccc7c6sc6ccccc67)cc5)cccc4c3c1-2. The van der Waals surface area contributed by atoms with Gasteiger partial charge >= 0.3 is 0 Å². The third-order valence-electron chi connectivity index (χ3n) is 24.9. The van der Waals surface area contributed by atoms with Crippen LogP contribution in [0.3, 0.4) is 0 Å². The quantitative estimate of drug-likeness (QED) is 0.157. The molecule has 6 aromatic heterocycles. The van der Waals surface area contributed by atoms with Gasteiger partial charge in [0.05, 0.1) is 5.56 Å². The van der Waals surface area contributed by atoms with Gasteiger partial charge in [0.2, 0.25) is 0 Å². The zero-order chi connectivity index (χ0) is 78.2. The van der Waals surface area contributed by atoms with Crippen molar-refractivity contribution in [3.63, 3.8) is 0 Å². The number of nitrogens with zero attached hydrogens (tertiary/aromatic N) is 3. The van der Waals surface area contributed by atoms with E-state index >= 15 is 0 Å². The molecule has 0 fully saturated rings. The first-order valence-corrected chi connectivity index (χ1v) is 41.9. The van der Waals surface area contributed by atoms with Crippen molar-refractivity contribution < 1.29 is 17.7 Å². The summed E-state index contributed by atoms with van der Waals surface area (Å²) in [6, 6.07) is 127. The Hall–Kier alpha value is -14.8. The number of thiophene rings is 1. The molecule has 3 aliphatic carbocycles. The highest BCUT2D eigenvalue weighted by Crippen LogP contribution is 2.51. The van der Waals surface area contributed by atoms with Gasteiger partial charge in [-0.1, -0.05) is 322 Å². The first-order valence-electron chi connectivity index (χ1n) is 41.1. The zero-order valence-electron chi connectivity index (χ0n) is 64.7. The fraction of sp³-hybridized carbons (Fsp3) is 0.0541. The van der Waals surface area contributed by atoms with Crippen LogP contribution in [0.2, 0.25) is 0 Å². The van der Waals surface area contributed by atoms with E-state index in [1.54, 1.807) is 0 Å². The minimum Gasteiger partial charge on any atom is -0.455 e. The Morgan fingerprint density at radius 1 is 0.193 bits per heavy atom. The lowest BCUT2D eigenvalue weighted by atomic mass is 9.83. The van der Waals surface area contributed by atoms with Gasteiger partial charge in [-0.2, -0.15) is 0 Å². The largest absolute Gasteiger partial charge is 0.455 e. The first-order chi connectivity index (χ1) is 59.0. The molecular formula is C111H71N3O4S. The Labute approximate surface area is 689 Å². The van der Waals surface area contributed by atoms with Gasteiger partial charge < -0.3 is 17.7 Å². The number of para-hydroxylation sites is 5. The van der Waals surface area contributed by atoms with Crippen molar-refractivity contribution in [2.45, 2.75) is 38.5 Å². The topological polar surface area (TPSA) is 91.2 Å². The predicted octanol–water partition coefficient (Wildman–Crippen LogP) is 30.2. The molecule has 0 radical (unpaired) electrons. The number of benzene rings is 17. The summed E-state index contributed by atoms with van der Waals surface area (Å²) in [5, 5.41) is 12.1. The molecule has 8 heteroatoms. The summed E-state index contributed by atoms with van der Waals surface area (Å²) >= 11 is 1.88. The number of hydrogen-bond donors (Lipinski definition) is 0. The molecule has 7 nitrogen and oxygen atoms in total. The lowest BCUT2D eigenvalue weighted by Crippen LogP contribution is -2.03. The minimum absolute atomic E-state index is 0.599. The van der Waals surface area contributed by atoms with Crippen molar-refractivity contribution in [3.05, 3.63) is 391 Å². The highest BCUT2D eigenvalue weighted by molar-refractivity contribution is 7.26. The molecule has 0 aliphatic heterocycles. The van der Waals surface area contributed by atoms with E-state index in [1.807, 2.05) is 90.2 Å². The number of aryl methyl sites for hydroxylation is 6. The van der Waals surface area contributed by atoms with Crippen LogP contribution in [0.25, 0.3) is 220 Å². The lowest BCUT2D eigenvalue weighted by Gasteiger charge is -2.20.